The maximum absolute atomic E-state index is 5.54. The van der Waals surface area contributed by atoms with Gasteiger partial charge in [0.15, 0.2) is 0 Å². The van der Waals surface area contributed by atoms with Gasteiger partial charge in [-0.2, -0.15) is 0 Å². The van der Waals surface area contributed by atoms with Crippen LogP contribution in [0, 0.1) is 0 Å². The molecule has 0 bridgehead atoms. The number of hydrogen-bond acceptors (Lipinski definition) is 5. The lowest BCUT2D eigenvalue weighted by molar-refractivity contribution is 0.122. The van der Waals surface area contributed by atoms with E-state index in [0.717, 1.165) is 57.4 Å². The fourth-order valence-corrected chi connectivity index (χ4v) is 6.47. The van der Waals surface area contributed by atoms with Crippen molar-refractivity contribution in [2.45, 2.75) is 64.7 Å². The van der Waals surface area contributed by atoms with Gasteiger partial charge in [-0.25, -0.2) is 9.97 Å². The first-order valence-electron chi connectivity index (χ1n) is 14.6. The Kier molecular flexibility index (Phi) is 6.74. The summed E-state index contributed by atoms with van der Waals surface area (Å²) >= 11 is 0. The molecule has 5 heteroatoms. The molecule has 0 saturated carbocycles. The van der Waals surface area contributed by atoms with Gasteiger partial charge in [0.25, 0.3) is 0 Å². The van der Waals surface area contributed by atoms with Crippen molar-refractivity contribution in [1.82, 2.24) is 9.97 Å². The highest BCUT2D eigenvalue weighted by molar-refractivity contribution is 5.90. The predicted octanol–water partition coefficient (Wildman–Crippen LogP) is 7.04. The summed E-state index contributed by atoms with van der Waals surface area (Å²) in [6, 6.07) is 16.1. The number of benzene rings is 2. The lowest BCUT2D eigenvalue weighted by Gasteiger charge is -2.30. The number of anilines is 2. The summed E-state index contributed by atoms with van der Waals surface area (Å²) in [4.78, 5) is 14.6. The Morgan fingerprint density at radius 2 is 1.33 bits per heavy atom. The second-order valence-corrected chi connectivity index (χ2v) is 13.1. The van der Waals surface area contributed by atoms with E-state index in [1.807, 2.05) is 0 Å². The zero-order chi connectivity index (χ0) is 27.2. The summed E-state index contributed by atoms with van der Waals surface area (Å²) in [5.41, 5.74) is 4.09. The third kappa shape index (κ3) is 5.21. The standard InChI is InChI=1S/C34H42N4O/c1-33(2,3)30-18-24(17-26-20-32(36-23-28(26)30)37-11-6-7-12-37)21-34(4,5)29-10-8-9-25-19-31(35-22-27(25)29)38-13-15-39-16-14-38/h8-10,17-20,22-23H,6-7,11-16,21H2,1-5H3. The quantitative estimate of drug-likeness (QED) is 0.281. The third-order valence-electron chi connectivity index (χ3n) is 8.58. The lowest BCUT2D eigenvalue weighted by atomic mass is 9.75. The van der Waals surface area contributed by atoms with Crippen LogP contribution >= 0.6 is 0 Å². The fourth-order valence-electron chi connectivity index (χ4n) is 6.47. The van der Waals surface area contributed by atoms with E-state index in [2.05, 4.69) is 99.3 Å². The van der Waals surface area contributed by atoms with Gasteiger partial charge in [-0.05, 0) is 69.7 Å². The summed E-state index contributed by atoms with van der Waals surface area (Å²) in [6.07, 6.45) is 7.68. The van der Waals surface area contributed by atoms with Crippen LogP contribution in [-0.4, -0.2) is 49.4 Å². The maximum atomic E-state index is 5.54. The SMILES string of the molecule is CC(C)(C)c1cc(CC(C)(C)c2cccc3cc(N4CCOCC4)ncc23)cc2cc(N3CCCC3)ncc12. The van der Waals surface area contributed by atoms with Crippen LogP contribution in [0.2, 0.25) is 0 Å². The van der Waals surface area contributed by atoms with Crippen molar-refractivity contribution in [3.8, 4) is 0 Å². The summed E-state index contributed by atoms with van der Waals surface area (Å²) in [7, 11) is 0. The van der Waals surface area contributed by atoms with E-state index in [4.69, 9.17) is 14.7 Å². The number of morpholine rings is 1. The second-order valence-electron chi connectivity index (χ2n) is 13.1. The van der Waals surface area contributed by atoms with Crippen molar-refractivity contribution >= 4 is 33.2 Å². The van der Waals surface area contributed by atoms with Gasteiger partial charge in [0, 0.05) is 49.3 Å². The topological polar surface area (TPSA) is 41.5 Å². The molecule has 204 valence electrons. The van der Waals surface area contributed by atoms with Crippen molar-refractivity contribution < 1.29 is 4.74 Å². The van der Waals surface area contributed by atoms with Gasteiger partial charge < -0.3 is 14.5 Å². The van der Waals surface area contributed by atoms with Gasteiger partial charge in [-0.15, -0.1) is 0 Å². The van der Waals surface area contributed by atoms with Crippen molar-refractivity contribution in [2.75, 3.05) is 49.2 Å². The zero-order valence-electron chi connectivity index (χ0n) is 24.3. The number of hydrogen-bond donors (Lipinski definition) is 0. The molecule has 2 saturated heterocycles. The van der Waals surface area contributed by atoms with Crippen LogP contribution in [0.5, 0.6) is 0 Å². The molecule has 0 spiro atoms. The Morgan fingerprint density at radius 1 is 0.718 bits per heavy atom. The molecule has 39 heavy (non-hydrogen) atoms. The molecule has 0 radical (unpaired) electrons. The highest BCUT2D eigenvalue weighted by atomic mass is 16.5. The van der Waals surface area contributed by atoms with Crippen LogP contribution in [0.15, 0.2) is 54.9 Å². The molecule has 4 aromatic rings. The first-order chi connectivity index (χ1) is 18.7. The average molecular weight is 523 g/mol. The lowest BCUT2D eigenvalue weighted by Crippen LogP contribution is -2.36. The minimum atomic E-state index is -0.0602. The molecule has 5 nitrogen and oxygen atoms in total. The minimum absolute atomic E-state index is 0.0362. The van der Waals surface area contributed by atoms with E-state index in [0.29, 0.717) is 0 Å². The van der Waals surface area contributed by atoms with Crippen molar-refractivity contribution in [1.29, 1.82) is 0 Å². The number of aromatic nitrogens is 2. The molecule has 0 N–H and O–H groups in total. The third-order valence-corrected chi connectivity index (χ3v) is 8.58. The predicted molar refractivity (Wildman–Crippen MR) is 163 cm³/mol. The van der Waals surface area contributed by atoms with Crippen molar-refractivity contribution in [3.05, 3.63) is 71.5 Å². The van der Waals surface area contributed by atoms with E-state index in [1.165, 1.54) is 51.1 Å². The smallest absolute Gasteiger partial charge is 0.129 e. The van der Waals surface area contributed by atoms with Gasteiger partial charge in [0.1, 0.15) is 11.6 Å². The molecule has 2 aliphatic rings. The number of ether oxygens (including phenoxy) is 1. The maximum Gasteiger partial charge on any atom is 0.129 e. The van der Waals surface area contributed by atoms with Crippen molar-refractivity contribution in [2.24, 2.45) is 0 Å². The normalized spacial score (nSPS) is 16.9. The first-order valence-corrected chi connectivity index (χ1v) is 14.6. The zero-order valence-corrected chi connectivity index (χ0v) is 24.3. The highest BCUT2D eigenvalue weighted by Gasteiger charge is 2.26. The minimum Gasteiger partial charge on any atom is -0.378 e. The Bertz CT molecular complexity index is 1490. The molecule has 2 aromatic heterocycles. The number of fused-ring (bicyclic) bond motifs is 2. The second kappa shape index (κ2) is 10.1. The van der Waals surface area contributed by atoms with Crippen LogP contribution in [-0.2, 0) is 22.0 Å². The van der Waals surface area contributed by atoms with Crippen LogP contribution < -0.4 is 9.80 Å². The molecule has 0 amide bonds. The van der Waals surface area contributed by atoms with Crippen LogP contribution in [0.25, 0.3) is 21.5 Å². The van der Waals surface area contributed by atoms with E-state index < -0.39 is 0 Å². The fraction of sp³-hybridized carbons (Fsp3) is 0.471. The summed E-state index contributed by atoms with van der Waals surface area (Å²) in [6.45, 7) is 17.2. The molecule has 2 fully saturated rings. The Labute approximate surface area is 233 Å². The average Bonchev–Trinajstić information content (AvgIpc) is 3.46. The largest absolute Gasteiger partial charge is 0.378 e. The van der Waals surface area contributed by atoms with Gasteiger partial charge >= 0.3 is 0 Å². The molecular formula is C34H42N4O. The highest BCUT2D eigenvalue weighted by Crippen LogP contribution is 2.38. The van der Waals surface area contributed by atoms with Crippen molar-refractivity contribution in [3.63, 3.8) is 0 Å². The van der Waals surface area contributed by atoms with Gasteiger partial charge in [-0.1, -0.05) is 65.0 Å². The van der Waals surface area contributed by atoms with Gasteiger partial charge in [-0.3, -0.25) is 0 Å². The van der Waals surface area contributed by atoms with Crippen LogP contribution in [0.3, 0.4) is 0 Å². The molecule has 0 aliphatic carbocycles. The van der Waals surface area contributed by atoms with Gasteiger partial charge in [0.2, 0.25) is 0 Å². The van der Waals surface area contributed by atoms with E-state index >= 15 is 0 Å². The number of pyridine rings is 2. The molecule has 4 heterocycles. The van der Waals surface area contributed by atoms with Crippen LogP contribution in [0.1, 0.15) is 64.2 Å². The Morgan fingerprint density at radius 3 is 2.00 bits per heavy atom. The Balaban J connectivity index is 1.37. The van der Waals surface area contributed by atoms with Crippen LogP contribution in [0.4, 0.5) is 11.6 Å². The number of rotatable bonds is 5. The summed E-state index contributed by atoms with van der Waals surface area (Å²) in [5, 5.41) is 5.08. The first kappa shape index (κ1) is 26.1. The molecular weight excluding hydrogens is 480 g/mol. The Hall–Kier alpha value is -3.18. The summed E-state index contributed by atoms with van der Waals surface area (Å²) in [5.74, 6) is 2.17. The number of nitrogens with zero attached hydrogens (tertiary/aromatic N) is 4. The van der Waals surface area contributed by atoms with E-state index in [9.17, 15) is 0 Å². The molecule has 0 atom stereocenters. The van der Waals surface area contributed by atoms with E-state index in [-0.39, 0.29) is 10.8 Å². The molecule has 6 rings (SSSR count). The molecule has 0 unspecified atom stereocenters. The molecule has 2 aliphatic heterocycles. The monoisotopic (exact) mass is 522 g/mol. The van der Waals surface area contributed by atoms with E-state index in [1.54, 1.807) is 0 Å². The summed E-state index contributed by atoms with van der Waals surface area (Å²) < 4.78 is 5.54. The molecule has 2 aromatic carbocycles. The van der Waals surface area contributed by atoms with Gasteiger partial charge in [0.05, 0.1) is 13.2 Å².